The van der Waals surface area contributed by atoms with Gasteiger partial charge in [0, 0.05) is 13.1 Å². The van der Waals surface area contributed by atoms with Crippen molar-refractivity contribution in [2.24, 2.45) is 0 Å². The highest BCUT2D eigenvalue weighted by Crippen LogP contribution is 2.16. The summed E-state index contributed by atoms with van der Waals surface area (Å²) in [4.78, 5) is 2.29. The molecule has 3 aromatic rings. The van der Waals surface area contributed by atoms with E-state index in [1.165, 1.54) is 16.7 Å². The molecule has 2 heteroatoms. The molecule has 3 rings (SSSR count). The zero-order valence-corrected chi connectivity index (χ0v) is 15.2. The van der Waals surface area contributed by atoms with Crippen LogP contribution in [0, 0.1) is 0 Å². The second-order valence-corrected chi connectivity index (χ2v) is 6.43. The first kappa shape index (κ1) is 18.0. The van der Waals surface area contributed by atoms with Gasteiger partial charge in [0.2, 0.25) is 0 Å². The molecule has 0 radical (unpaired) electrons. The second-order valence-electron chi connectivity index (χ2n) is 6.43. The summed E-state index contributed by atoms with van der Waals surface area (Å²) >= 11 is 0. The summed E-state index contributed by atoms with van der Waals surface area (Å²) in [5.74, 6) is 0.916. The fourth-order valence-corrected chi connectivity index (χ4v) is 2.78. The third-order valence-electron chi connectivity index (χ3n) is 4.13. The van der Waals surface area contributed by atoms with Crippen LogP contribution < -0.4 is 4.74 Å². The molecular weight excluding hydrogens is 318 g/mol. The van der Waals surface area contributed by atoms with Crippen LogP contribution in [0.1, 0.15) is 16.7 Å². The molecule has 0 heterocycles. The molecule has 0 amide bonds. The fourth-order valence-electron chi connectivity index (χ4n) is 2.78. The largest absolute Gasteiger partial charge is 0.489 e. The van der Waals surface area contributed by atoms with Gasteiger partial charge in [-0.1, -0.05) is 84.9 Å². The summed E-state index contributed by atoms with van der Waals surface area (Å²) in [6.07, 6.45) is 4.36. The Balaban J connectivity index is 1.50. The van der Waals surface area contributed by atoms with E-state index in [2.05, 4.69) is 78.7 Å². The molecular formula is C24H25NO. The minimum Gasteiger partial charge on any atom is -0.489 e. The standard InChI is InChI=1S/C24H25NO/c1-25(17-9-15-21-10-4-2-5-11-21)19-23-14-8-16-24(18-23)26-20-22-12-6-3-7-13-22/h2-16,18H,17,19-20H2,1H3. The molecule has 0 aliphatic rings. The van der Waals surface area contributed by atoms with E-state index in [9.17, 15) is 0 Å². The lowest BCUT2D eigenvalue weighted by molar-refractivity contribution is 0.304. The lowest BCUT2D eigenvalue weighted by Gasteiger charge is -2.15. The van der Waals surface area contributed by atoms with Crippen LogP contribution in [-0.2, 0) is 13.2 Å². The molecule has 132 valence electrons. The summed E-state index contributed by atoms with van der Waals surface area (Å²) in [5, 5.41) is 0. The van der Waals surface area contributed by atoms with Crippen molar-refractivity contribution >= 4 is 6.08 Å². The Hall–Kier alpha value is -2.84. The number of benzene rings is 3. The van der Waals surface area contributed by atoms with Gasteiger partial charge < -0.3 is 4.74 Å². The zero-order valence-electron chi connectivity index (χ0n) is 15.2. The summed E-state index contributed by atoms with van der Waals surface area (Å²) in [6.45, 7) is 2.39. The third kappa shape index (κ3) is 5.91. The molecule has 3 aromatic carbocycles. The number of hydrogen-bond acceptors (Lipinski definition) is 2. The Morgan fingerprint density at radius 2 is 1.50 bits per heavy atom. The summed E-state index contributed by atoms with van der Waals surface area (Å²) < 4.78 is 5.92. The van der Waals surface area contributed by atoms with Crippen LogP contribution in [0.2, 0.25) is 0 Å². The van der Waals surface area contributed by atoms with Crippen LogP contribution in [0.3, 0.4) is 0 Å². The van der Waals surface area contributed by atoms with Crippen molar-refractivity contribution in [3.63, 3.8) is 0 Å². The number of nitrogens with zero attached hydrogens (tertiary/aromatic N) is 1. The molecule has 0 aromatic heterocycles. The van der Waals surface area contributed by atoms with Crippen LogP contribution in [-0.4, -0.2) is 18.5 Å². The minimum atomic E-state index is 0.597. The molecule has 2 nitrogen and oxygen atoms in total. The topological polar surface area (TPSA) is 12.5 Å². The van der Waals surface area contributed by atoms with Gasteiger partial charge in [-0.25, -0.2) is 0 Å². The van der Waals surface area contributed by atoms with Gasteiger partial charge in [-0.3, -0.25) is 4.90 Å². The predicted molar refractivity (Wildman–Crippen MR) is 109 cm³/mol. The quantitative estimate of drug-likeness (QED) is 0.542. The smallest absolute Gasteiger partial charge is 0.120 e. The maximum Gasteiger partial charge on any atom is 0.120 e. The lowest BCUT2D eigenvalue weighted by Crippen LogP contribution is -2.17. The van der Waals surface area contributed by atoms with Crippen molar-refractivity contribution in [1.82, 2.24) is 4.90 Å². The van der Waals surface area contributed by atoms with E-state index in [0.29, 0.717) is 6.61 Å². The Bertz CT molecular complexity index is 812. The molecule has 0 N–H and O–H groups in total. The average molecular weight is 343 g/mol. The predicted octanol–water partition coefficient (Wildman–Crippen LogP) is 5.41. The van der Waals surface area contributed by atoms with Crippen molar-refractivity contribution in [3.8, 4) is 5.75 Å². The first-order valence-electron chi connectivity index (χ1n) is 8.95. The van der Waals surface area contributed by atoms with Gasteiger partial charge in [0.05, 0.1) is 0 Å². The van der Waals surface area contributed by atoms with Crippen LogP contribution in [0.25, 0.3) is 6.08 Å². The average Bonchev–Trinajstić information content (AvgIpc) is 2.68. The molecule has 0 unspecified atom stereocenters. The Kier molecular flexibility index (Phi) is 6.63. The zero-order chi connectivity index (χ0) is 18.0. The third-order valence-corrected chi connectivity index (χ3v) is 4.13. The summed E-state index contributed by atoms with van der Waals surface area (Å²) in [5.41, 5.74) is 3.67. The SMILES string of the molecule is CN(CC=Cc1ccccc1)Cc1cccc(OCc2ccccc2)c1. The number of hydrogen-bond donors (Lipinski definition) is 0. The van der Waals surface area contributed by atoms with E-state index in [-0.39, 0.29) is 0 Å². The molecule has 0 aliphatic heterocycles. The van der Waals surface area contributed by atoms with E-state index in [1.807, 2.05) is 30.3 Å². The van der Waals surface area contributed by atoms with Gasteiger partial charge in [-0.2, -0.15) is 0 Å². The highest BCUT2D eigenvalue weighted by molar-refractivity contribution is 5.48. The van der Waals surface area contributed by atoms with Crippen molar-refractivity contribution in [3.05, 3.63) is 108 Å². The molecule has 0 spiro atoms. The second kappa shape index (κ2) is 9.59. The van der Waals surface area contributed by atoms with Gasteiger partial charge in [0.25, 0.3) is 0 Å². The Morgan fingerprint density at radius 1 is 0.808 bits per heavy atom. The van der Waals surface area contributed by atoms with E-state index in [4.69, 9.17) is 4.74 Å². The molecule has 0 aliphatic carbocycles. The maximum atomic E-state index is 5.92. The van der Waals surface area contributed by atoms with E-state index < -0.39 is 0 Å². The van der Waals surface area contributed by atoms with Crippen molar-refractivity contribution < 1.29 is 4.74 Å². The molecule has 0 atom stereocenters. The monoisotopic (exact) mass is 343 g/mol. The summed E-state index contributed by atoms with van der Waals surface area (Å²) in [6, 6.07) is 29.0. The van der Waals surface area contributed by atoms with Crippen molar-refractivity contribution in [2.75, 3.05) is 13.6 Å². The van der Waals surface area contributed by atoms with E-state index >= 15 is 0 Å². The van der Waals surface area contributed by atoms with Crippen molar-refractivity contribution in [2.45, 2.75) is 13.2 Å². The Morgan fingerprint density at radius 3 is 2.27 bits per heavy atom. The van der Waals surface area contributed by atoms with Crippen LogP contribution in [0.4, 0.5) is 0 Å². The van der Waals surface area contributed by atoms with E-state index in [1.54, 1.807) is 0 Å². The fraction of sp³-hybridized carbons (Fsp3) is 0.167. The Labute approximate surface area is 156 Å². The maximum absolute atomic E-state index is 5.92. The highest BCUT2D eigenvalue weighted by atomic mass is 16.5. The number of likely N-dealkylation sites (N-methyl/N-ethyl adjacent to an activating group) is 1. The van der Waals surface area contributed by atoms with Crippen molar-refractivity contribution in [1.29, 1.82) is 0 Å². The number of ether oxygens (including phenoxy) is 1. The molecule has 0 bridgehead atoms. The van der Waals surface area contributed by atoms with E-state index in [0.717, 1.165) is 18.8 Å². The van der Waals surface area contributed by atoms with Crippen LogP contribution in [0.5, 0.6) is 5.75 Å². The van der Waals surface area contributed by atoms with Gasteiger partial charge in [-0.05, 0) is 35.9 Å². The molecule has 26 heavy (non-hydrogen) atoms. The number of rotatable bonds is 8. The normalized spacial score (nSPS) is 11.2. The van der Waals surface area contributed by atoms with Gasteiger partial charge in [0.15, 0.2) is 0 Å². The van der Waals surface area contributed by atoms with Gasteiger partial charge >= 0.3 is 0 Å². The highest BCUT2D eigenvalue weighted by Gasteiger charge is 2.01. The van der Waals surface area contributed by atoms with Crippen LogP contribution >= 0.6 is 0 Å². The first-order valence-corrected chi connectivity index (χ1v) is 8.95. The molecule has 0 saturated carbocycles. The first-order chi connectivity index (χ1) is 12.8. The summed E-state index contributed by atoms with van der Waals surface area (Å²) in [7, 11) is 2.13. The van der Waals surface area contributed by atoms with Gasteiger partial charge in [0.1, 0.15) is 12.4 Å². The lowest BCUT2D eigenvalue weighted by atomic mass is 10.2. The van der Waals surface area contributed by atoms with Crippen LogP contribution in [0.15, 0.2) is 91.0 Å². The molecule has 0 saturated heterocycles. The minimum absolute atomic E-state index is 0.597. The molecule has 0 fully saturated rings. The van der Waals surface area contributed by atoms with Gasteiger partial charge in [-0.15, -0.1) is 0 Å².